The fourth-order valence-corrected chi connectivity index (χ4v) is 4.58. The van der Waals surface area contributed by atoms with Crippen molar-refractivity contribution < 1.29 is 14.1 Å². The summed E-state index contributed by atoms with van der Waals surface area (Å²) in [6, 6.07) is 0. The molecule has 0 radical (unpaired) electrons. The standard InChI is InChI=1S/C21H30N6O3/c1-5-22-20(24-11-14-25-19(30-26-14)21(2,3)4)23-8-9-27-17(28)15-12-6-7-13(10-12)16(15)18(27)29/h6-7,12-13,15-16H,5,8-11H2,1-4H3,(H2,22,23,24). The molecule has 4 rings (SSSR count). The van der Waals surface area contributed by atoms with E-state index in [1.165, 1.54) is 4.90 Å². The first kappa shape index (κ1) is 20.6. The summed E-state index contributed by atoms with van der Waals surface area (Å²) in [4.78, 5) is 35.8. The number of hydrogen-bond acceptors (Lipinski definition) is 6. The first-order valence-electron chi connectivity index (χ1n) is 10.7. The molecule has 1 saturated carbocycles. The molecule has 2 bridgehead atoms. The molecule has 3 aliphatic rings. The average Bonchev–Trinajstić information content (AvgIpc) is 3.45. The van der Waals surface area contributed by atoms with Gasteiger partial charge in [-0.25, -0.2) is 4.99 Å². The van der Waals surface area contributed by atoms with Crippen LogP contribution in [0.1, 0.15) is 45.8 Å². The highest BCUT2D eigenvalue weighted by molar-refractivity contribution is 6.06. The number of allylic oxidation sites excluding steroid dienone is 2. The van der Waals surface area contributed by atoms with E-state index in [2.05, 4.69) is 37.9 Å². The van der Waals surface area contributed by atoms with Crippen LogP contribution in [0.4, 0.5) is 0 Å². The van der Waals surface area contributed by atoms with Gasteiger partial charge >= 0.3 is 0 Å². The van der Waals surface area contributed by atoms with E-state index in [4.69, 9.17) is 4.52 Å². The molecule has 4 unspecified atom stereocenters. The lowest BCUT2D eigenvalue weighted by molar-refractivity contribution is -0.140. The van der Waals surface area contributed by atoms with E-state index in [0.717, 1.165) is 6.42 Å². The molecule has 2 amide bonds. The largest absolute Gasteiger partial charge is 0.357 e. The molecule has 0 spiro atoms. The van der Waals surface area contributed by atoms with Crippen LogP contribution in [0.5, 0.6) is 0 Å². The highest BCUT2D eigenvalue weighted by Crippen LogP contribution is 2.52. The fraction of sp³-hybridized carbons (Fsp3) is 0.667. The highest BCUT2D eigenvalue weighted by atomic mass is 16.5. The molecule has 1 aromatic rings. The minimum absolute atomic E-state index is 0.0212. The van der Waals surface area contributed by atoms with Crippen molar-refractivity contribution in [3.63, 3.8) is 0 Å². The number of carbonyl (C=O) groups is 2. The zero-order chi connectivity index (χ0) is 21.5. The minimum Gasteiger partial charge on any atom is -0.357 e. The van der Waals surface area contributed by atoms with Gasteiger partial charge in [-0.05, 0) is 25.2 Å². The lowest BCUT2D eigenvalue weighted by atomic mass is 9.85. The Hall–Kier alpha value is -2.71. The number of amides is 2. The predicted octanol–water partition coefficient (Wildman–Crippen LogP) is 1.23. The Labute approximate surface area is 176 Å². The molecule has 2 heterocycles. The Morgan fingerprint density at radius 1 is 1.20 bits per heavy atom. The maximum atomic E-state index is 12.8. The Kier molecular flexibility index (Phi) is 5.38. The van der Waals surface area contributed by atoms with E-state index >= 15 is 0 Å². The van der Waals surface area contributed by atoms with Crippen LogP contribution in [-0.4, -0.2) is 52.4 Å². The van der Waals surface area contributed by atoms with Crippen molar-refractivity contribution in [1.82, 2.24) is 25.7 Å². The molecule has 1 saturated heterocycles. The second-order valence-electron chi connectivity index (χ2n) is 9.22. The summed E-state index contributed by atoms with van der Waals surface area (Å²) < 4.78 is 5.29. The van der Waals surface area contributed by atoms with E-state index in [-0.39, 0.29) is 47.4 Å². The highest BCUT2D eigenvalue weighted by Gasteiger charge is 2.58. The van der Waals surface area contributed by atoms with Gasteiger partial charge in [-0.2, -0.15) is 4.98 Å². The van der Waals surface area contributed by atoms with Gasteiger partial charge in [-0.1, -0.05) is 38.1 Å². The van der Waals surface area contributed by atoms with Crippen LogP contribution in [0, 0.1) is 23.7 Å². The van der Waals surface area contributed by atoms with Crippen LogP contribution in [0.25, 0.3) is 0 Å². The van der Waals surface area contributed by atoms with Gasteiger partial charge in [0, 0.05) is 25.0 Å². The number of aromatic nitrogens is 2. The zero-order valence-electron chi connectivity index (χ0n) is 18.0. The van der Waals surface area contributed by atoms with Crippen LogP contribution in [0.3, 0.4) is 0 Å². The van der Waals surface area contributed by atoms with Crippen molar-refractivity contribution in [1.29, 1.82) is 0 Å². The van der Waals surface area contributed by atoms with Gasteiger partial charge in [0.15, 0.2) is 11.8 Å². The van der Waals surface area contributed by atoms with Crippen molar-refractivity contribution in [3.8, 4) is 0 Å². The number of carbonyl (C=O) groups excluding carboxylic acids is 2. The molecule has 2 aliphatic carbocycles. The molecule has 0 aromatic carbocycles. The van der Waals surface area contributed by atoms with E-state index in [9.17, 15) is 9.59 Å². The SMILES string of the molecule is CCNC(=NCc1noc(C(C)(C)C)n1)NCCN1C(=O)C2C3C=CC(C3)C2C1=O. The van der Waals surface area contributed by atoms with Crippen molar-refractivity contribution >= 4 is 17.8 Å². The third-order valence-corrected chi connectivity index (χ3v) is 6.02. The summed E-state index contributed by atoms with van der Waals surface area (Å²) >= 11 is 0. The van der Waals surface area contributed by atoms with Crippen molar-refractivity contribution in [3.05, 3.63) is 23.9 Å². The van der Waals surface area contributed by atoms with Crippen molar-refractivity contribution in [2.45, 2.75) is 46.1 Å². The molecular weight excluding hydrogens is 384 g/mol. The fourth-order valence-electron chi connectivity index (χ4n) is 4.58. The predicted molar refractivity (Wildman–Crippen MR) is 110 cm³/mol. The van der Waals surface area contributed by atoms with Gasteiger partial charge in [-0.15, -0.1) is 0 Å². The molecular formula is C21H30N6O3. The first-order chi connectivity index (χ1) is 14.3. The topological polar surface area (TPSA) is 113 Å². The van der Waals surface area contributed by atoms with Gasteiger partial charge < -0.3 is 15.2 Å². The van der Waals surface area contributed by atoms with Crippen LogP contribution in [0.15, 0.2) is 21.7 Å². The Morgan fingerprint density at radius 2 is 1.87 bits per heavy atom. The molecule has 4 atom stereocenters. The van der Waals surface area contributed by atoms with E-state index in [1.54, 1.807) is 0 Å². The van der Waals surface area contributed by atoms with E-state index in [1.807, 2.05) is 27.7 Å². The van der Waals surface area contributed by atoms with Crippen LogP contribution >= 0.6 is 0 Å². The monoisotopic (exact) mass is 414 g/mol. The summed E-state index contributed by atoms with van der Waals surface area (Å²) in [5, 5.41) is 10.3. The lowest BCUT2D eigenvalue weighted by Gasteiger charge is -2.18. The molecule has 9 heteroatoms. The van der Waals surface area contributed by atoms with Crippen LogP contribution in [-0.2, 0) is 21.5 Å². The maximum absolute atomic E-state index is 12.8. The van der Waals surface area contributed by atoms with Crippen LogP contribution in [0.2, 0.25) is 0 Å². The molecule has 1 aromatic heterocycles. The molecule has 1 aliphatic heterocycles. The van der Waals surface area contributed by atoms with Gasteiger partial charge in [0.05, 0.1) is 11.8 Å². The second-order valence-corrected chi connectivity index (χ2v) is 9.22. The third-order valence-electron chi connectivity index (χ3n) is 6.02. The number of rotatable bonds is 6. The summed E-state index contributed by atoms with van der Waals surface area (Å²) in [6.07, 6.45) is 5.17. The van der Waals surface area contributed by atoms with Gasteiger partial charge in [-0.3, -0.25) is 14.5 Å². The van der Waals surface area contributed by atoms with Gasteiger partial charge in [0.25, 0.3) is 0 Å². The lowest BCUT2D eigenvalue weighted by Crippen LogP contribution is -2.43. The Balaban J connectivity index is 1.32. The third kappa shape index (κ3) is 3.73. The number of likely N-dealkylation sites (tertiary alicyclic amines) is 1. The van der Waals surface area contributed by atoms with Crippen molar-refractivity contribution in [2.24, 2.45) is 28.7 Å². The number of hydrogen-bond donors (Lipinski definition) is 2. The number of nitrogens with one attached hydrogen (secondary N) is 2. The first-order valence-corrected chi connectivity index (χ1v) is 10.7. The summed E-state index contributed by atoms with van der Waals surface area (Å²) in [7, 11) is 0. The molecule has 2 fully saturated rings. The van der Waals surface area contributed by atoms with E-state index < -0.39 is 0 Å². The Bertz CT molecular complexity index is 854. The number of guanidine groups is 1. The molecule has 2 N–H and O–H groups in total. The zero-order valence-corrected chi connectivity index (χ0v) is 18.0. The summed E-state index contributed by atoms with van der Waals surface area (Å²) in [5.41, 5.74) is -0.209. The van der Waals surface area contributed by atoms with Crippen molar-refractivity contribution in [2.75, 3.05) is 19.6 Å². The number of imide groups is 1. The smallest absolute Gasteiger partial charge is 0.233 e. The summed E-state index contributed by atoms with van der Waals surface area (Å²) in [5.74, 6) is 1.81. The van der Waals surface area contributed by atoms with E-state index in [0.29, 0.717) is 37.3 Å². The molecule has 9 nitrogen and oxygen atoms in total. The number of nitrogens with zero attached hydrogens (tertiary/aromatic N) is 4. The maximum Gasteiger partial charge on any atom is 0.233 e. The molecule has 30 heavy (non-hydrogen) atoms. The number of aliphatic imine (C=N–C) groups is 1. The second kappa shape index (κ2) is 7.85. The summed E-state index contributed by atoms with van der Waals surface area (Å²) in [6.45, 7) is 9.74. The molecule has 162 valence electrons. The Morgan fingerprint density at radius 3 is 2.43 bits per heavy atom. The normalized spacial score (nSPS) is 27.9. The average molecular weight is 415 g/mol. The number of fused-ring (bicyclic) bond motifs is 5. The minimum atomic E-state index is -0.209. The van der Waals surface area contributed by atoms with Gasteiger partial charge in [0.1, 0.15) is 6.54 Å². The van der Waals surface area contributed by atoms with Crippen LogP contribution < -0.4 is 10.6 Å². The van der Waals surface area contributed by atoms with Gasteiger partial charge in [0.2, 0.25) is 17.7 Å². The quantitative estimate of drug-likeness (QED) is 0.312.